The Kier molecular flexibility index (Phi) is 2.32. The van der Waals surface area contributed by atoms with Crippen molar-refractivity contribution in [3.63, 3.8) is 0 Å². The predicted molar refractivity (Wildman–Crippen MR) is 61.2 cm³/mol. The smallest absolute Gasteiger partial charge is 0.151 e. The van der Waals surface area contributed by atoms with Crippen LogP contribution in [0, 0.1) is 18.8 Å². The minimum Gasteiger partial charge on any atom is -0.393 e. The summed E-state index contributed by atoms with van der Waals surface area (Å²) in [5.74, 6) is 2.06. The minimum absolute atomic E-state index is 0.104. The van der Waals surface area contributed by atoms with Crippen molar-refractivity contribution in [2.45, 2.75) is 25.9 Å². The Bertz CT molecular complexity index is 396. The first kappa shape index (κ1) is 10.0. The molecule has 1 aromatic heterocycles. The molecule has 16 heavy (non-hydrogen) atoms. The van der Waals surface area contributed by atoms with Crippen molar-refractivity contribution in [2.75, 3.05) is 18.0 Å². The Balaban J connectivity index is 1.79. The third kappa shape index (κ3) is 1.57. The predicted octanol–water partition coefficient (Wildman–Crippen LogP) is 0.992. The highest BCUT2D eigenvalue weighted by Gasteiger charge is 2.42. The maximum atomic E-state index is 9.86. The molecule has 2 heterocycles. The lowest BCUT2D eigenvalue weighted by molar-refractivity contribution is 0.133. The molecule has 0 amide bonds. The Hall–Kier alpha value is -1.16. The summed E-state index contributed by atoms with van der Waals surface area (Å²) in [5, 5.41) is 18.0. The number of hydrogen-bond donors (Lipinski definition) is 1. The van der Waals surface area contributed by atoms with Gasteiger partial charge in [0.15, 0.2) is 5.82 Å². The van der Waals surface area contributed by atoms with E-state index in [0.717, 1.165) is 37.3 Å². The zero-order valence-electron chi connectivity index (χ0n) is 9.50. The Morgan fingerprint density at radius 1 is 1.38 bits per heavy atom. The average Bonchev–Trinajstić information content (AvgIpc) is 2.81. The number of nitrogens with zero attached hydrogens (tertiary/aromatic N) is 3. The van der Waals surface area contributed by atoms with E-state index in [0.29, 0.717) is 11.8 Å². The fraction of sp³-hybridized carbons (Fsp3) is 0.667. The van der Waals surface area contributed by atoms with Gasteiger partial charge in [-0.2, -0.15) is 5.10 Å². The normalized spacial score (nSPS) is 33.1. The van der Waals surface area contributed by atoms with E-state index in [1.807, 2.05) is 6.92 Å². The molecular weight excluding hydrogens is 202 g/mol. The molecule has 2 aliphatic rings. The zero-order chi connectivity index (χ0) is 11.1. The summed E-state index contributed by atoms with van der Waals surface area (Å²) in [6, 6.07) is 2.07. The molecule has 86 valence electrons. The molecule has 3 unspecified atom stereocenters. The second kappa shape index (κ2) is 3.70. The number of aryl methyl sites for hydroxylation is 1. The van der Waals surface area contributed by atoms with E-state index in [4.69, 9.17) is 0 Å². The number of aliphatic hydroxyl groups is 1. The van der Waals surface area contributed by atoms with Crippen LogP contribution in [0.1, 0.15) is 18.4 Å². The van der Waals surface area contributed by atoms with Crippen LogP contribution >= 0.6 is 0 Å². The summed E-state index contributed by atoms with van der Waals surface area (Å²) >= 11 is 0. The molecule has 4 heteroatoms. The van der Waals surface area contributed by atoms with Crippen LogP contribution in [0.25, 0.3) is 0 Å². The summed E-state index contributed by atoms with van der Waals surface area (Å²) in [7, 11) is 0. The Labute approximate surface area is 95.3 Å². The van der Waals surface area contributed by atoms with Crippen LogP contribution < -0.4 is 4.90 Å². The second-order valence-corrected chi connectivity index (χ2v) is 5.06. The molecule has 3 rings (SSSR count). The van der Waals surface area contributed by atoms with Crippen LogP contribution in [0.4, 0.5) is 5.82 Å². The molecule has 1 aliphatic carbocycles. The first-order chi connectivity index (χ1) is 7.74. The summed E-state index contributed by atoms with van der Waals surface area (Å²) in [6.07, 6.45) is 3.80. The molecule has 1 saturated heterocycles. The van der Waals surface area contributed by atoms with Crippen molar-refractivity contribution in [1.82, 2.24) is 10.2 Å². The summed E-state index contributed by atoms with van der Waals surface area (Å²) in [6.45, 7) is 3.99. The van der Waals surface area contributed by atoms with Gasteiger partial charge in [-0.3, -0.25) is 0 Å². The van der Waals surface area contributed by atoms with Crippen LogP contribution in [0.5, 0.6) is 0 Å². The van der Waals surface area contributed by atoms with Gasteiger partial charge < -0.3 is 10.0 Å². The lowest BCUT2D eigenvalue weighted by Crippen LogP contribution is -2.25. The zero-order valence-corrected chi connectivity index (χ0v) is 9.50. The van der Waals surface area contributed by atoms with Crippen LogP contribution in [0.15, 0.2) is 12.3 Å². The number of hydrogen-bond acceptors (Lipinski definition) is 4. The largest absolute Gasteiger partial charge is 0.393 e. The van der Waals surface area contributed by atoms with Gasteiger partial charge in [0.2, 0.25) is 0 Å². The SMILES string of the molecule is Cc1cnnc(N2CC3CCC(O)C3C2)c1. The topological polar surface area (TPSA) is 49.2 Å². The number of fused-ring (bicyclic) bond motifs is 1. The van der Waals surface area contributed by atoms with E-state index in [1.165, 1.54) is 0 Å². The average molecular weight is 219 g/mol. The van der Waals surface area contributed by atoms with E-state index in [-0.39, 0.29) is 6.10 Å². The maximum Gasteiger partial charge on any atom is 0.151 e. The van der Waals surface area contributed by atoms with E-state index in [9.17, 15) is 5.11 Å². The second-order valence-electron chi connectivity index (χ2n) is 5.06. The molecular formula is C12H17N3O. The molecule has 2 fully saturated rings. The molecule has 0 bridgehead atoms. The monoisotopic (exact) mass is 219 g/mol. The number of rotatable bonds is 1. The van der Waals surface area contributed by atoms with E-state index < -0.39 is 0 Å². The molecule has 1 aromatic rings. The molecule has 0 aromatic carbocycles. The quantitative estimate of drug-likeness (QED) is 0.765. The number of anilines is 1. The van der Waals surface area contributed by atoms with E-state index >= 15 is 0 Å². The van der Waals surface area contributed by atoms with Gasteiger partial charge in [0.05, 0.1) is 12.3 Å². The first-order valence-electron chi connectivity index (χ1n) is 5.96. The molecule has 4 nitrogen and oxygen atoms in total. The van der Waals surface area contributed by atoms with Crippen LogP contribution in [-0.2, 0) is 0 Å². The van der Waals surface area contributed by atoms with Crippen molar-refractivity contribution in [2.24, 2.45) is 11.8 Å². The highest BCUT2D eigenvalue weighted by atomic mass is 16.3. The molecule has 0 spiro atoms. The minimum atomic E-state index is -0.104. The maximum absolute atomic E-state index is 9.86. The summed E-state index contributed by atoms with van der Waals surface area (Å²) in [4.78, 5) is 2.26. The van der Waals surface area contributed by atoms with Gasteiger partial charge in [-0.05, 0) is 37.3 Å². The van der Waals surface area contributed by atoms with Crippen molar-refractivity contribution < 1.29 is 5.11 Å². The van der Waals surface area contributed by atoms with Crippen molar-refractivity contribution in [1.29, 1.82) is 0 Å². The van der Waals surface area contributed by atoms with Gasteiger partial charge in [0, 0.05) is 19.0 Å². The number of aromatic nitrogens is 2. The lowest BCUT2D eigenvalue weighted by Gasteiger charge is -2.18. The van der Waals surface area contributed by atoms with Crippen molar-refractivity contribution in [3.05, 3.63) is 17.8 Å². The third-order valence-electron chi connectivity index (χ3n) is 3.92. The first-order valence-corrected chi connectivity index (χ1v) is 5.96. The molecule has 1 N–H and O–H groups in total. The highest BCUT2D eigenvalue weighted by molar-refractivity contribution is 5.41. The van der Waals surface area contributed by atoms with Gasteiger partial charge in [0.1, 0.15) is 0 Å². The highest BCUT2D eigenvalue weighted by Crippen LogP contribution is 2.39. The van der Waals surface area contributed by atoms with Gasteiger partial charge in [-0.25, -0.2) is 0 Å². The van der Waals surface area contributed by atoms with Crippen LogP contribution in [0.2, 0.25) is 0 Å². The molecule has 1 aliphatic heterocycles. The summed E-state index contributed by atoms with van der Waals surface area (Å²) in [5.41, 5.74) is 1.14. The van der Waals surface area contributed by atoms with Gasteiger partial charge in [-0.15, -0.1) is 5.10 Å². The fourth-order valence-electron chi connectivity index (χ4n) is 3.03. The Morgan fingerprint density at radius 3 is 3.00 bits per heavy atom. The summed E-state index contributed by atoms with van der Waals surface area (Å²) < 4.78 is 0. The van der Waals surface area contributed by atoms with E-state index in [2.05, 4.69) is 21.2 Å². The van der Waals surface area contributed by atoms with Crippen molar-refractivity contribution in [3.8, 4) is 0 Å². The van der Waals surface area contributed by atoms with Crippen LogP contribution in [-0.4, -0.2) is 34.5 Å². The fourth-order valence-corrected chi connectivity index (χ4v) is 3.03. The molecule has 0 radical (unpaired) electrons. The van der Waals surface area contributed by atoms with E-state index in [1.54, 1.807) is 6.20 Å². The van der Waals surface area contributed by atoms with Crippen molar-refractivity contribution >= 4 is 5.82 Å². The van der Waals surface area contributed by atoms with Crippen LogP contribution in [0.3, 0.4) is 0 Å². The third-order valence-corrected chi connectivity index (χ3v) is 3.92. The molecule has 3 atom stereocenters. The Morgan fingerprint density at radius 2 is 2.25 bits per heavy atom. The number of aliphatic hydroxyl groups excluding tert-OH is 1. The van der Waals surface area contributed by atoms with Gasteiger partial charge in [0.25, 0.3) is 0 Å². The lowest BCUT2D eigenvalue weighted by atomic mass is 10.00. The van der Waals surface area contributed by atoms with Gasteiger partial charge in [-0.1, -0.05) is 0 Å². The standard InChI is InChI=1S/C12H17N3O/c1-8-4-12(14-13-5-8)15-6-9-2-3-11(16)10(9)7-15/h4-5,9-11,16H,2-3,6-7H2,1H3. The van der Waals surface area contributed by atoms with Gasteiger partial charge >= 0.3 is 0 Å². The molecule has 1 saturated carbocycles.